The van der Waals surface area contributed by atoms with Crippen LogP contribution in [0.2, 0.25) is 19.6 Å². The van der Waals surface area contributed by atoms with Crippen LogP contribution in [-0.2, 0) is 5.41 Å². The summed E-state index contributed by atoms with van der Waals surface area (Å²) < 4.78 is 11.4. The third-order valence-electron chi connectivity index (χ3n) is 6.50. The maximum absolute atomic E-state index is 8.53. The molecular formula is C29H31NSeSi. The van der Waals surface area contributed by atoms with Crippen molar-refractivity contribution >= 4 is 57.8 Å². The molecule has 2 heterocycles. The van der Waals surface area contributed by atoms with Gasteiger partial charge in [0.05, 0.1) is 0 Å². The first-order chi connectivity index (χ1) is 15.4. The van der Waals surface area contributed by atoms with Gasteiger partial charge in [0.25, 0.3) is 0 Å². The maximum atomic E-state index is 8.53. The van der Waals surface area contributed by atoms with Gasteiger partial charge in [0.1, 0.15) is 0 Å². The van der Waals surface area contributed by atoms with Crippen LogP contribution in [0, 0.1) is 6.92 Å². The number of aryl methyl sites for hydroxylation is 1. The fourth-order valence-corrected chi connectivity index (χ4v) is 9.67. The molecule has 2 aromatic heterocycles. The standard InChI is InChI=1S/C29H31NSeSi/c1-18-25(32(5,6)7)13-12-22-23-14-15-30-26(28(23)31-27(18)22)20-16-19-10-8-9-11-21(19)24(17-20)29(2,3)4/h8-17H,1-7H3/i15D. The number of rotatable bonds is 2. The van der Waals surface area contributed by atoms with Crippen molar-refractivity contribution in [1.29, 1.82) is 0 Å². The molecule has 0 atom stereocenters. The Morgan fingerprint density at radius 3 is 2.31 bits per heavy atom. The van der Waals surface area contributed by atoms with Crippen LogP contribution in [0.1, 0.15) is 33.3 Å². The molecule has 0 amide bonds. The second-order valence-corrected chi connectivity index (χ2v) is 18.1. The predicted octanol–water partition coefficient (Wildman–Crippen LogP) is 7.42. The first-order valence-corrected chi connectivity index (χ1v) is 16.5. The summed E-state index contributed by atoms with van der Waals surface area (Å²) in [5.74, 6) is 0. The number of hydrogen-bond donors (Lipinski definition) is 0. The first-order valence-electron chi connectivity index (χ1n) is 11.8. The fourth-order valence-electron chi connectivity index (χ4n) is 4.92. The molecule has 32 heavy (non-hydrogen) atoms. The van der Waals surface area contributed by atoms with E-state index < -0.39 is 8.07 Å². The van der Waals surface area contributed by atoms with Gasteiger partial charge in [0.15, 0.2) is 0 Å². The van der Waals surface area contributed by atoms with Crippen molar-refractivity contribution < 1.29 is 1.37 Å². The quantitative estimate of drug-likeness (QED) is 0.230. The minimum absolute atomic E-state index is 0.0221. The molecule has 3 heteroatoms. The van der Waals surface area contributed by atoms with Crippen LogP contribution in [0.5, 0.6) is 0 Å². The topological polar surface area (TPSA) is 12.9 Å². The van der Waals surface area contributed by atoms with E-state index in [4.69, 9.17) is 6.35 Å². The molecule has 0 aliphatic heterocycles. The molecule has 0 aliphatic carbocycles. The van der Waals surface area contributed by atoms with Crippen molar-refractivity contribution in [3.63, 3.8) is 0 Å². The second kappa shape index (κ2) is 7.42. The number of nitrogens with zero attached hydrogens (tertiary/aromatic N) is 1. The van der Waals surface area contributed by atoms with E-state index in [1.807, 2.05) is 6.07 Å². The molecule has 162 valence electrons. The first kappa shape index (κ1) is 20.4. The van der Waals surface area contributed by atoms with Crippen LogP contribution in [-0.4, -0.2) is 27.6 Å². The molecule has 0 bridgehead atoms. The molecule has 5 aromatic rings. The van der Waals surface area contributed by atoms with E-state index in [2.05, 4.69) is 95.9 Å². The third kappa shape index (κ3) is 3.48. The summed E-state index contributed by atoms with van der Waals surface area (Å²) in [6.07, 6.45) is 0.352. The average Bonchev–Trinajstić information content (AvgIpc) is 3.10. The zero-order valence-corrected chi connectivity index (χ0v) is 22.8. The summed E-state index contributed by atoms with van der Waals surface area (Å²) in [4.78, 5) is 4.82. The molecule has 0 fully saturated rings. The Morgan fingerprint density at radius 1 is 0.875 bits per heavy atom. The van der Waals surface area contributed by atoms with Gasteiger partial charge in [-0.2, -0.15) is 0 Å². The Labute approximate surface area is 199 Å². The molecule has 5 rings (SSSR count). The molecule has 0 N–H and O–H groups in total. The third-order valence-corrected chi connectivity index (χ3v) is 11.5. The summed E-state index contributed by atoms with van der Waals surface area (Å²) in [5.41, 5.74) is 4.96. The summed E-state index contributed by atoms with van der Waals surface area (Å²) >= 11 is 0.188. The van der Waals surface area contributed by atoms with Gasteiger partial charge in [-0.25, -0.2) is 0 Å². The van der Waals surface area contributed by atoms with Crippen LogP contribution in [0.25, 0.3) is 41.3 Å². The molecular weight excluding hydrogens is 469 g/mol. The molecule has 0 radical (unpaired) electrons. The molecule has 3 aromatic carbocycles. The Bertz CT molecular complexity index is 1550. The Kier molecular flexibility index (Phi) is 4.73. The van der Waals surface area contributed by atoms with Gasteiger partial charge in [-0.15, -0.1) is 0 Å². The van der Waals surface area contributed by atoms with Gasteiger partial charge in [-0.3, -0.25) is 0 Å². The molecule has 0 unspecified atom stereocenters. The predicted molar refractivity (Wildman–Crippen MR) is 146 cm³/mol. The zero-order chi connectivity index (χ0) is 23.7. The van der Waals surface area contributed by atoms with E-state index in [1.165, 1.54) is 41.2 Å². The van der Waals surface area contributed by atoms with Crippen LogP contribution in [0.4, 0.5) is 0 Å². The van der Waals surface area contributed by atoms with Crippen LogP contribution >= 0.6 is 0 Å². The van der Waals surface area contributed by atoms with Gasteiger partial charge in [0, 0.05) is 0 Å². The zero-order valence-electron chi connectivity index (χ0n) is 21.1. The van der Waals surface area contributed by atoms with Crippen molar-refractivity contribution in [2.24, 2.45) is 0 Å². The average molecular weight is 502 g/mol. The van der Waals surface area contributed by atoms with E-state index in [0.717, 1.165) is 11.3 Å². The van der Waals surface area contributed by atoms with E-state index in [-0.39, 0.29) is 19.9 Å². The van der Waals surface area contributed by atoms with E-state index in [1.54, 1.807) is 5.19 Å². The number of fused-ring (bicyclic) bond motifs is 4. The van der Waals surface area contributed by atoms with Crippen molar-refractivity contribution in [2.75, 3.05) is 0 Å². The van der Waals surface area contributed by atoms with E-state index >= 15 is 0 Å². The van der Waals surface area contributed by atoms with Gasteiger partial charge in [0.2, 0.25) is 0 Å². The Hall–Kier alpha value is -2.19. The van der Waals surface area contributed by atoms with Crippen molar-refractivity contribution in [2.45, 2.75) is 52.8 Å². The Morgan fingerprint density at radius 2 is 1.59 bits per heavy atom. The van der Waals surface area contributed by atoms with Gasteiger partial charge in [-0.05, 0) is 0 Å². The number of benzene rings is 3. The van der Waals surface area contributed by atoms with Gasteiger partial charge < -0.3 is 0 Å². The second-order valence-electron chi connectivity index (χ2n) is 10.9. The van der Waals surface area contributed by atoms with E-state index in [0.29, 0.717) is 6.17 Å². The van der Waals surface area contributed by atoms with Gasteiger partial charge >= 0.3 is 200 Å². The van der Waals surface area contributed by atoms with Gasteiger partial charge in [-0.1, -0.05) is 0 Å². The van der Waals surface area contributed by atoms with Crippen molar-refractivity contribution in [3.8, 4) is 11.3 Å². The molecule has 0 aliphatic rings. The minimum atomic E-state index is -1.41. The van der Waals surface area contributed by atoms with Crippen LogP contribution in [0.3, 0.4) is 0 Å². The number of pyridine rings is 1. The molecule has 0 saturated heterocycles. The molecule has 0 spiro atoms. The van der Waals surface area contributed by atoms with Crippen molar-refractivity contribution in [1.82, 2.24) is 4.98 Å². The van der Waals surface area contributed by atoms with Crippen LogP contribution in [0.15, 0.2) is 60.8 Å². The summed E-state index contributed by atoms with van der Waals surface area (Å²) in [6.45, 7) is 16.4. The van der Waals surface area contributed by atoms with E-state index in [9.17, 15) is 0 Å². The molecule has 0 saturated carbocycles. The summed E-state index contributed by atoms with van der Waals surface area (Å²) in [6, 6.07) is 19.9. The SMILES string of the molecule is [2H]c1cc2c([se]c3c(C)c([Si](C)(C)C)ccc32)c(-c2cc(C(C)(C)C)c3ccccc3c2)n1. The monoisotopic (exact) mass is 502 g/mol. The van der Waals surface area contributed by atoms with Crippen LogP contribution < -0.4 is 5.19 Å². The van der Waals surface area contributed by atoms with Crippen molar-refractivity contribution in [3.05, 3.63) is 71.9 Å². The number of hydrogen-bond acceptors (Lipinski definition) is 1. The fraction of sp³-hybridized carbons (Fsp3) is 0.276. The summed E-state index contributed by atoms with van der Waals surface area (Å²) in [7, 11) is -1.41. The molecule has 1 nitrogen and oxygen atoms in total. The Balaban J connectivity index is 1.87. The normalized spacial score (nSPS) is 13.3. The summed E-state index contributed by atoms with van der Waals surface area (Å²) in [5, 5.41) is 6.63. The number of aromatic nitrogens is 1.